The van der Waals surface area contributed by atoms with Gasteiger partial charge in [0.05, 0.1) is 0 Å². The minimum absolute atomic E-state index is 0.262. The van der Waals surface area contributed by atoms with E-state index < -0.39 is 12.5 Å². The molecule has 0 aliphatic rings. The van der Waals surface area contributed by atoms with Crippen LogP contribution in [0.5, 0.6) is 0 Å². The number of alkyl halides is 2. The van der Waals surface area contributed by atoms with Gasteiger partial charge in [-0.2, -0.15) is 5.10 Å². The fourth-order valence-electron chi connectivity index (χ4n) is 1.33. The highest BCUT2D eigenvalue weighted by atomic mass is 19.3. The number of carbonyl (C=O) groups excluding carboxylic acids is 1. The molecule has 0 aliphatic carbocycles. The molecule has 1 N–H and O–H groups in total. The first-order chi connectivity index (χ1) is 6.97. The van der Waals surface area contributed by atoms with E-state index in [0.29, 0.717) is 5.69 Å². The third-order valence-electron chi connectivity index (χ3n) is 2.16. The zero-order valence-corrected chi connectivity index (χ0v) is 8.79. The number of amides is 1. The minimum atomic E-state index is -2.61. The topological polar surface area (TPSA) is 46.9 Å². The van der Waals surface area contributed by atoms with Crippen LogP contribution in [0.25, 0.3) is 0 Å². The molecule has 0 saturated heterocycles. The zero-order valence-electron chi connectivity index (χ0n) is 8.79. The summed E-state index contributed by atoms with van der Waals surface area (Å²) in [5.41, 5.74) is 0.240. The quantitative estimate of drug-likeness (QED) is 0.832. The van der Waals surface area contributed by atoms with Crippen LogP contribution in [0.3, 0.4) is 0 Å². The molecule has 1 unspecified atom stereocenters. The lowest BCUT2D eigenvalue weighted by molar-refractivity contribution is -0.123. The number of aryl methyl sites for hydroxylation is 1. The SMILES string of the molecule is CNC(=O)C(C)n1nc(C(F)F)cc1C. The van der Waals surface area contributed by atoms with Gasteiger partial charge < -0.3 is 5.32 Å². The van der Waals surface area contributed by atoms with Crippen molar-refractivity contribution in [2.24, 2.45) is 0 Å². The summed E-state index contributed by atoms with van der Waals surface area (Å²) in [5, 5.41) is 6.13. The van der Waals surface area contributed by atoms with Crippen LogP contribution in [0.1, 0.15) is 30.8 Å². The molecule has 1 amide bonds. The summed E-state index contributed by atoms with van der Waals surface area (Å²) in [4.78, 5) is 11.3. The minimum Gasteiger partial charge on any atom is -0.357 e. The van der Waals surface area contributed by atoms with Crippen molar-refractivity contribution >= 4 is 5.91 Å². The van der Waals surface area contributed by atoms with Gasteiger partial charge in [0.1, 0.15) is 11.7 Å². The second-order valence-electron chi connectivity index (χ2n) is 3.25. The van der Waals surface area contributed by atoms with Crippen LogP contribution in [-0.4, -0.2) is 22.7 Å². The van der Waals surface area contributed by atoms with Crippen LogP contribution >= 0.6 is 0 Å². The molecule has 0 saturated carbocycles. The van der Waals surface area contributed by atoms with Crippen molar-refractivity contribution in [3.8, 4) is 0 Å². The fourth-order valence-corrected chi connectivity index (χ4v) is 1.33. The van der Waals surface area contributed by atoms with Crippen molar-refractivity contribution in [1.29, 1.82) is 0 Å². The van der Waals surface area contributed by atoms with E-state index in [1.165, 1.54) is 17.8 Å². The molecule has 0 radical (unpaired) electrons. The lowest BCUT2D eigenvalue weighted by atomic mass is 10.3. The van der Waals surface area contributed by atoms with Crippen LogP contribution < -0.4 is 5.32 Å². The van der Waals surface area contributed by atoms with E-state index in [0.717, 1.165) is 0 Å². The van der Waals surface area contributed by atoms with Gasteiger partial charge in [0.25, 0.3) is 6.43 Å². The van der Waals surface area contributed by atoms with E-state index in [-0.39, 0.29) is 11.6 Å². The van der Waals surface area contributed by atoms with Crippen molar-refractivity contribution in [3.05, 3.63) is 17.5 Å². The lowest BCUT2D eigenvalue weighted by Gasteiger charge is -2.12. The normalized spacial score (nSPS) is 12.9. The average Bonchev–Trinajstić information content (AvgIpc) is 2.58. The summed E-state index contributed by atoms with van der Waals surface area (Å²) >= 11 is 0. The molecule has 1 rings (SSSR count). The van der Waals surface area contributed by atoms with Gasteiger partial charge in [0.15, 0.2) is 0 Å². The van der Waals surface area contributed by atoms with Gasteiger partial charge in [-0.1, -0.05) is 0 Å². The van der Waals surface area contributed by atoms with E-state index in [1.54, 1.807) is 13.8 Å². The number of hydrogen-bond donors (Lipinski definition) is 1. The molecule has 0 spiro atoms. The first-order valence-corrected chi connectivity index (χ1v) is 4.53. The summed E-state index contributed by atoms with van der Waals surface area (Å²) in [6.07, 6.45) is -2.61. The van der Waals surface area contributed by atoms with E-state index >= 15 is 0 Å². The Labute approximate surface area is 86.3 Å². The van der Waals surface area contributed by atoms with Crippen LogP contribution in [-0.2, 0) is 4.79 Å². The Kier molecular flexibility index (Phi) is 3.39. The second-order valence-corrected chi connectivity index (χ2v) is 3.25. The first kappa shape index (κ1) is 11.6. The van der Waals surface area contributed by atoms with Gasteiger partial charge in [-0.15, -0.1) is 0 Å². The largest absolute Gasteiger partial charge is 0.357 e. The van der Waals surface area contributed by atoms with Crippen LogP contribution in [0.4, 0.5) is 8.78 Å². The van der Waals surface area contributed by atoms with E-state index in [4.69, 9.17) is 0 Å². The molecular weight excluding hydrogens is 204 g/mol. The fraction of sp³-hybridized carbons (Fsp3) is 0.556. The molecule has 0 bridgehead atoms. The number of rotatable bonds is 3. The smallest absolute Gasteiger partial charge is 0.282 e. The highest BCUT2D eigenvalue weighted by molar-refractivity contribution is 5.79. The molecular formula is C9H13F2N3O. The Balaban J connectivity index is 2.99. The molecule has 0 fully saturated rings. The molecule has 1 atom stereocenters. The number of hydrogen-bond acceptors (Lipinski definition) is 2. The van der Waals surface area contributed by atoms with E-state index in [9.17, 15) is 13.6 Å². The lowest BCUT2D eigenvalue weighted by Crippen LogP contribution is -2.29. The Hall–Kier alpha value is -1.46. The number of carbonyl (C=O) groups is 1. The summed E-state index contributed by atoms with van der Waals surface area (Å²) in [6, 6.07) is 0.701. The van der Waals surface area contributed by atoms with Gasteiger partial charge in [-0.05, 0) is 19.9 Å². The van der Waals surface area contributed by atoms with Crippen LogP contribution in [0.15, 0.2) is 6.07 Å². The van der Waals surface area contributed by atoms with Crippen molar-refractivity contribution in [2.75, 3.05) is 7.05 Å². The molecule has 84 valence electrons. The highest BCUT2D eigenvalue weighted by Crippen LogP contribution is 2.20. The van der Waals surface area contributed by atoms with E-state index in [1.807, 2.05) is 0 Å². The Morgan fingerprint density at radius 2 is 2.20 bits per heavy atom. The molecule has 15 heavy (non-hydrogen) atoms. The van der Waals surface area contributed by atoms with Gasteiger partial charge in [-0.3, -0.25) is 9.48 Å². The van der Waals surface area contributed by atoms with Gasteiger partial charge in [-0.25, -0.2) is 8.78 Å². The molecule has 0 aromatic carbocycles. The van der Waals surface area contributed by atoms with Gasteiger partial charge in [0.2, 0.25) is 5.91 Å². The predicted molar refractivity (Wildman–Crippen MR) is 50.7 cm³/mol. The van der Waals surface area contributed by atoms with Gasteiger partial charge >= 0.3 is 0 Å². The zero-order chi connectivity index (χ0) is 11.6. The van der Waals surface area contributed by atoms with Gasteiger partial charge in [0, 0.05) is 12.7 Å². The first-order valence-electron chi connectivity index (χ1n) is 4.53. The third-order valence-corrected chi connectivity index (χ3v) is 2.16. The molecule has 6 heteroatoms. The maximum Gasteiger partial charge on any atom is 0.282 e. The number of nitrogens with one attached hydrogen (secondary N) is 1. The maximum absolute atomic E-state index is 12.3. The highest BCUT2D eigenvalue weighted by Gasteiger charge is 2.20. The number of aromatic nitrogens is 2. The van der Waals surface area contributed by atoms with Crippen LogP contribution in [0, 0.1) is 6.92 Å². The molecule has 1 aromatic rings. The van der Waals surface area contributed by atoms with E-state index in [2.05, 4.69) is 10.4 Å². The van der Waals surface area contributed by atoms with Crippen molar-refractivity contribution in [2.45, 2.75) is 26.3 Å². The average molecular weight is 217 g/mol. The van der Waals surface area contributed by atoms with Crippen molar-refractivity contribution in [1.82, 2.24) is 15.1 Å². The number of nitrogens with zero attached hydrogens (tertiary/aromatic N) is 2. The summed E-state index contributed by atoms with van der Waals surface area (Å²) in [5.74, 6) is -0.262. The van der Waals surface area contributed by atoms with Crippen molar-refractivity contribution < 1.29 is 13.6 Å². The molecule has 1 heterocycles. The summed E-state index contributed by atoms with van der Waals surface area (Å²) in [7, 11) is 1.49. The summed E-state index contributed by atoms with van der Waals surface area (Å²) in [6.45, 7) is 3.24. The summed E-state index contributed by atoms with van der Waals surface area (Å²) < 4.78 is 26.0. The Bertz CT molecular complexity index is 362. The molecule has 0 aliphatic heterocycles. The predicted octanol–water partition coefficient (Wildman–Crippen LogP) is 1.44. The Morgan fingerprint density at radius 1 is 1.60 bits per heavy atom. The van der Waals surface area contributed by atoms with Crippen LogP contribution in [0.2, 0.25) is 0 Å². The monoisotopic (exact) mass is 217 g/mol. The molecule has 4 nitrogen and oxygen atoms in total. The van der Waals surface area contributed by atoms with Crippen molar-refractivity contribution in [3.63, 3.8) is 0 Å². The number of likely N-dealkylation sites (N-methyl/N-ethyl adjacent to an activating group) is 1. The second kappa shape index (κ2) is 4.37. The number of halogens is 2. The maximum atomic E-state index is 12.3. The standard InChI is InChI=1S/C9H13F2N3O/c1-5-4-7(8(10)11)13-14(5)6(2)9(15)12-3/h4,6,8H,1-3H3,(H,12,15). The Morgan fingerprint density at radius 3 is 2.60 bits per heavy atom. The third kappa shape index (κ3) is 2.31. The molecule has 1 aromatic heterocycles.